The van der Waals surface area contributed by atoms with Crippen LogP contribution in [0.25, 0.3) is 11.0 Å². The highest BCUT2D eigenvalue weighted by Gasteiger charge is 2.23. The van der Waals surface area contributed by atoms with Gasteiger partial charge >= 0.3 is 0 Å². The minimum absolute atomic E-state index is 0.0524. The Morgan fingerprint density at radius 2 is 1.59 bits per heavy atom. The Morgan fingerprint density at radius 1 is 0.966 bits per heavy atom. The fraction of sp³-hybridized carbons (Fsp3) is 0.167. The third-order valence-corrected chi connectivity index (χ3v) is 5.02. The van der Waals surface area contributed by atoms with Crippen molar-refractivity contribution in [1.82, 2.24) is 9.55 Å². The average Bonchev–Trinajstić information content (AvgIpc) is 3.13. The molecule has 0 radical (unpaired) electrons. The molecule has 1 unspecified atom stereocenters. The van der Waals surface area contributed by atoms with E-state index in [0.717, 1.165) is 22.3 Å². The Kier molecular flexibility index (Phi) is 5.40. The largest absolute Gasteiger partial charge is 0.380 e. The molecule has 0 aliphatic heterocycles. The predicted molar refractivity (Wildman–Crippen MR) is 115 cm³/mol. The highest BCUT2D eigenvalue weighted by molar-refractivity contribution is 5.94. The van der Waals surface area contributed by atoms with Gasteiger partial charge in [-0.25, -0.2) is 4.98 Å². The van der Waals surface area contributed by atoms with E-state index in [1.807, 2.05) is 96.4 Å². The summed E-state index contributed by atoms with van der Waals surface area (Å²) in [6.45, 7) is 2.62. The molecule has 0 aliphatic carbocycles. The van der Waals surface area contributed by atoms with Gasteiger partial charge in [-0.05, 0) is 36.8 Å². The summed E-state index contributed by atoms with van der Waals surface area (Å²) in [4.78, 5) is 19.6. The second-order valence-corrected chi connectivity index (χ2v) is 6.83. The van der Waals surface area contributed by atoms with Gasteiger partial charge < -0.3 is 14.6 Å². The Bertz CT molecular complexity index is 1110. The lowest BCUT2D eigenvalue weighted by atomic mass is 10.1. The van der Waals surface area contributed by atoms with E-state index >= 15 is 0 Å². The molecule has 0 spiro atoms. The van der Waals surface area contributed by atoms with Crippen molar-refractivity contribution in [3.05, 3.63) is 96.3 Å². The molecule has 5 nitrogen and oxygen atoms in total. The third-order valence-electron chi connectivity index (χ3n) is 5.02. The van der Waals surface area contributed by atoms with Gasteiger partial charge in [-0.15, -0.1) is 0 Å². The molecule has 1 aromatic heterocycles. The first-order valence-corrected chi connectivity index (χ1v) is 9.72. The van der Waals surface area contributed by atoms with Crippen molar-refractivity contribution in [2.75, 3.05) is 11.4 Å². The smallest absolute Gasteiger partial charge is 0.246 e. The van der Waals surface area contributed by atoms with Gasteiger partial charge in [0.2, 0.25) is 5.91 Å². The Morgan fingerprint density at radius 3 is 2.28 bits per heavy atom. The molecular weight excluding hydrogens is 362 g/mol. The molecule has 0 bridgehead atoms. The number of imidazole rings is 1. The highest BCUT2D eigenvalue weighted by Crippen LogP contribution is 2.26. The minimum atomic E-state index is -0.914. The summed E-state index contributed by atoms with van der Waals surface area (Å²) in [5.74, 6) is 0.415. The van der Waals surface area contributed by atoms with Crippen LogP contribution in [-0.4, -0.2) is 27.1 Å². The number of fused-ring (bicyclic) bond motifs is 1. The summed E-state index contributed by atoms with van der Waals surface area (Å²) in [5, 5.41) is 11.0. The molecule has 0 saturated heterocycles. The maximum Gasteiger partial charge on any atom is 0.246 e. The summed E-state index contributed by atoms with van der Waals surface area (Å²) < 4.78 is 1.82. The number of para-hydroxylation sites is 3. The first-order chi connectivity index (χ1) is 14.2. The lowest BCUT2D eigenvalue weighted by molar-refractivity contribution is -0.119. The quantitative estimate of drug-likeness (QED) is 0.542. The van der Waals surface area contributed by atoms with Crippen molar-refractivity contribution in [1.29, 1.82) is 0 Å². The summed E-state index contributed by atoms with van der Waals surface area (Å²) in [7, 11) is 0. The van der Waals surface area contributed by atoms with E-state index in [1.165, 1.54) is 0 Å². The van der Waals surface area contributed by atoms with E-state index in [-0.39, 0.29) is 12.5 Å². The lowest BCUT2D eigenvalue weighted by Crippen LogP contribution is -2.34. The molecule has 4 aromatic rings. The summed E-state index contributed by atoms with van der Waals surface area (Å²) >= 11 is 0. The van der Waals surface area contributed by atoms with Crippen LogP contribution in [0.2, 0.25) is 0 Å². The predicted octanol–water partition coefficient (Wildman–Crippen LogP) is 4.17. The Labute approximate surface area is 169 Å². The summed E-state index contributed by atoms with van der Waals surface area (Å²) in [5.41, 5.74) is 3.18. The number of aromatic nitrogens is 2. The molecular formula is C24H23N3O2. The van der Waals surface area contributed by atoms with E-state index in [2.05, 4.69) is 4.98 Å². The second-order valence-electron chi connectivity index (χ2n) is 6.83. The second kappa shape index (κ2) is 8.29. The van der Waals surface area contributed by atoms with Crippen LogP contribution in [0.4, 0.5) is 5.69 Å². The standard InChI is InChI=1S/C24H23N3O2/c1-2-26(19-13-7-4-8-14-19)22(28)17-27-21-16-10-9-15-20(21)25-24(27)23(29)18-11-5-3-6-12-18/h3-16,23,29H,2,17H2,1H3. The van der Waals surface area contributed by atoms with Crippen LogP contribution in [0.15, 0.2) is 84.9 Å². The normalized spacial score (nSPS) is 12.1. The van der Waals surface area contributed by atoms with Crippen LogP contribution in [0.3, 0.4) is 0 Å². The van der Waals surface area contributed by atoms with E-state index in [4.69, 9.17) is 0 Å². The molecule has 0 saturated carbocycles. The molecule has 146 valence electrons. The van der Waals surface area contributed by atoms with Crippen molar-refractivity contribution in [2.24, 2.45) is 0 Å². The first-order valence-electron chi connectivity index (χ1n) is 9.72. The van der Waals surface area contributed by atoms with Gasteiger partial charge in [-0.2, -0.15) is 0 Å². The molecule has 1 heterocycles. The molecule has 1 atom stereocenters. The number of aliphatic hydroxyl groups is 1. The maximum atomic E-state index is 13.2. The first kappa shape index (κ1) is 18.9. The fourth-order valence-electron chi connectivity index (χ4n) is 3.58. The minimum Gasteiger partial charge on any atom is -0.380 e. The van der Waals surface area contributed by atoms with E-state index in [0.29, 0.717) is 12.4 Å². The van der Waals surface area contributed by atoms with Gasteiger partial charge in [-0.3, -0.25) is 4.79 Å². The van der Waals surface area contributed by atoms with Crippen molar-refractivity contribution in [2.45, 2.75) is 19.6 Å². The number of anilines is 1. The summed E-state index contributed by atoms with van der Waals surface area (Å²) in [6, 6.07) is 26.6. The molecule has 29 heavy (non-hydrogen) atoms. The molecule has 3 aromatic carbocycles. The summed E-state index contributed by atoms with van der Waals surface area (Å²) in [6.07, 6.45) is -0.914. The van der Waals surface area contributed by atoms with E-state index in [9.17, 15) is 9.90 Å². The third kappa shape index (κ3) is 3.77. The monoisotopic (exact) mass is 385 g/mol. The van der Waals surface area contributed by atoms with Crippen LogP contribution < -0.4 is 4.90 Å². The number of rotatable bonds is 6. The van der Waals surface area contributed by atoms with Crippen molar-refractivity contribution in [3.63, 3.8) is 0 Å². The topological polar surface area (TPSA) is 58.4 Å². The van der Waals surface area contributed by atoms with Crippen LogP contribution >= 0.6 is 0 Å². The number of benzene rings is 3. The Balaban J connectivity index is 1.73. The fourth-order valence-corrected chi connectivity index (χ4v) is 3.58. The molecule has 4 rings (SSSR count). The number of hydrogen-bond donors (Lipinski definition) is 1. The number of carbonyl (C=O) groups excluding carboxylic acids is 1. The number of carbonyl (C=O) groups is 1. The Hall–Kier alpha value is -3.44. The molecule has 1 amide bonds. The van der Waals surface area contributed by atoms with Gasteiger partial charge in [-0.1, -0.05) is 60.7 Å². The average molecular weight is 385 g/mol. The molecule has 1 N–H and O–H groups in total. The molecule has 0 aliphatic rings. The van der Waals surface area contributed by atoms with Crippen LogP contribution in [0, 0.1) is 0 Å². The van der Waals surface area contributed by atoms with Gasteiger partial charge in [0.1, 0.15) is 18.5 Å². The molecule has 0 fully saturated rings. The van der Waals surface area contributed by atoms with Crippen LogP contribution in [0.1, 0.15) is 24.4 Å². The molecule has 5 heteroatoms. The van der Waals surface area contributed by atoms with Crippen LogP contribution in [-0.2, 0) is 11.3 Å². The number of nitrogens with zero attached hydrogens (tertiary/aromatic N) is 3. The SMILES string of the molecule is CCN(C(=O)Cn1c(C(O)c2ccccc2)nc2ccccc21)c1ccccc1. The van der Waals surface area contributed by atoms with Gasteiger partial charge in [0, 0.05) is 12.2 Å². The van der Waals surface area contributed by atoms with Crippen molar-refractivity contribution < 1.29 is 9.90 Å². The van der Waals surface area contributed by atoms with E-state index in [1.54, 1.807) is 4.90 Å². The van der Waals surface area contributed by atoms with E-state index < -0.39 is 6.10 Å². The van der Waals surface area contributed by atoms with Crippen molar-refractivity contribution >= 4 is 22.6 Å². The van der Waals surface area contributed by atoms with Crippen LogP contribution in [0.5, 0.6) is 0 Å². The zero-order valence-corrected chi connectivity index (χ0v) is 16.3. The maximum absolute atomic E-state index is 13.2. The van der Waals surface area contributed by atoms with Crippen molar-refractivity contribution in [3.8, 4) is 0 Å². The van der Waals surface area contributed by atoms with Gasteiger partial charge in [0.25, 0.3) is 0 Å². The van der Waals surface area contributed by atoms with Gasteiger partial charge in [0.15, 0.2) is 0 Å². The lowest BCUT2D eigenvalue weighted by Gasteiger charge is -2.22. The van der Waals surface area contributed by atoms with Gasteiger partial charge in [0.05, 0.1) is 11.0 Å². The zero-order chi connectivity index (χ0) is 20.2. The number of hydrogen-bond acceptors (Lipinski definition) is 3. The number of amides is 1. The zero-order valence-electron chi connectivity index (χ0n) is 16.3. The number of aliphatic hydroxyl groups excluding tert-OH is 1. The highest BCUT2D eigenvalue weighted by atomic mass is 16.3. The number of likely N-dealkylation sites (N-methyl/N-ethyl adjacent to an activating group) is 1.